The monoisotopic (exact) mass is 430 g/mol. The third kappa shape index (κ3) is 4.33. The van der Waals surface area contributed by atoms with Gasteiger partial charge in [0, 0.05) is 22.4 Å². The van der Waals surface area contributed by atoms with E-state index in [9.17, 15) is 4.79 Å². The average Bonchev–Trinajstić information content (AvgIpc) is 3.16. The summed E-state index contributed by atoms with van der Waals surface area (Å²) in [6, 6.07) is 8.43. The fraction of sp³-hybridized carbons (Fsp3) is 0.263. The van der Waals surface area contributed by atoms with Crippen LogP contribution in [-0.4, -0.2) is 28.1 Å². The molecule has 2 aromatic heterocycles. The molecule has 8 heteroatoms. The van der Waals surface area contributed by atoms with E-state index in [1.165, 1.54) is 0 Å². The van der Waals surface area contributed by atoms with E-state index in [0.29, 0.717) is 27.5 Å². The Morgan fingerprint density at radius 3 is 2.78 bits per heavy atom. The molecule has 1 atom stereocenters. The molecule has 3 aromatic rings. The number of nitrogens with zero attached hydrogens (tertiary/aromatic N) is 3. The standard InChI is InChI=1S/C19H19BrN4O3/c1-11(2)16(19-23-17(24-27-19)12-5-4-8-21-10-12)22-18(25)14-9-13(26-3)6-7-15(14)20/h4-11,16H,1-3H3,(H,22,25). The Labute approximate surface area is 165 Å². The summed E-state index contributed by atoms with van der Waals surface area (Å²) >= 11 is 3.40. The van der Waals surface area contributed by atoms with Crippen molar-refractivity contribution in [3.8, 4) is 17.1 Å². The van der Waals surface area contributed by atoms with Crippen LogP contribution in [0.2, 0.25) is 0 Å². The van der Waals surface area contributed by atoms with Gasteiger partial charge in [-0.2, -0.15) is 4.98 Å². The van der Waals surface area contributed by atoms with Crippen molar-refractivity contribution in [1.29, 1.82) is 0 Å². The zero-order valence-corrected chi connectivity index (χ0v) is 16.7. The molecule has 2 heterocycles. The van der Waals surface area contributed by atoms with Gasteiger partial charge in [-0.05, 0) is 52.2 Å². The highest BCUT2D eigenvalue weighted by molar-refractivity contribution is 9.10. The third-order valence-electron chi connectivity index (χ3n) is 4.00. The fourth-order valence-corrected chi connectivity index (χ4v) is 2.94. The molecule has 0 saturated heterocycles. The number of nitrogens with one attached hydrogen (secondary N) is 1. The Hall–Kier alpha value is -2.74. The van der Waals surface area contributed by atoms with Crippen LogP contribution in [-0.2, 0) is 0 Å². The number of ether oxygens (including phenoxy) is 1. The summed E-state index contributed by atoms with van der Waals surface area (Å²) in [6.07, 6.45) is 3.33. The highest BCUT2D eigenvalue weighted by atomic mass is 79.9. The lowest BCUT2D eigenvalue weighted by Gasteiger charge is -2.19. The molecule has 0 bridgehead atoms. The Morgan fingerprint density at radius 2 is 2.11 bits per heavy atom. The molecule has 1 unspecified atom stereocenters. The van der Waals surface area contributed by atoms with Crippen molar-refractivity contribution in [1.82, 2.24) is 20.4 Å². The maximum absolute atomic E-state index is 12.8. The van der Waals surface area contributed by atoms with Gasteiger partial charge in [-0.15, -0.1) is 0 Å². The minimum atomic E-state index is -0.437. The normalized spacial score (nSPS) is 12.0. The first-order valence-electron chi connectivity index (χ1n) is 8.38. The van der Waals surface area contributed by atoms with E-state index in [1.807, 2.05) is 19.9 Å². The second-order valence-corrected chi connectivity index (χ2v) is 7.09. The number of hydrogen-bond donors (Lipinski definition) is 1. The number of methoxy groups -OCH3 is 1. The number of carbonyl (C=O) groups is 1. The van der Waals surface area contributed by atoms with Crippen molar-refractivity contribution in [3.05, 3.63) is 58.7 Å². The summed E-state index contributed by atoms with van der Waals surface area (Å²) in [4.78, 5) is 21.3. The van der Waals surface area contributed by atoms with Crippen LogP contribution in [0.1, 0.15) is 36.1 Å². The first-order chi connectivity index (χ1) is 13.0. The number of halogens is 1. The van der Waals surface area contributed by atoms with E-state index in [4.69, 9.17) is 9.26 Å². The number of carbonyl (C=O) groups excluding carboxylic acids is 1. The maximum Gasteiger partial charge on any atom is 0.253 e. The smallest absolute Gasteiger partial charge is 0.253 e. The molecule has 1 N–H and O–H groups in total. The Morgan fingerprint density at radius 1 is 1.30 bits per heavy atom. The molecule has 0 saturated carbocycles. The van der Waals surface area contributed by atoms with E-state index >= 15 is 0 Å². The second-order valence-electron chi connectivity index (χ2n) is 6.24. The zero-order valence-electron chi connectivity index (χ0n) is 15.1. The Bertz CT molecular complexity index is 928. The quantitative estimate of drug-likeness (QED) is 0.634. The highest BCUT2D eigenvalue weighted by Gasteiger charge is 2.26. The van der Waals surface area contributed by atoms with Crippen molar-refractivity contribution < 1.29 is 14.1 Å². The van der Waals surface area contributed by atoms with E-state index < -0.39 is 6.04 Å². The van der Waals surface area contributed by atoms with Gasteiger partial charge >= 0.3 is 0 Å². The summed E-state index contributed by atoms with van der Waals surface area (Å²) in [5.41, 5.74) is 1.21. The number of aromatic nitrogens is 3. The summed E-state index contributed by atoms with van der Waals surface area (Å²) in [5, 5.41) is 6.98. The lowest BCUT2D eigenvalue weighted by molar-refractivity contribution is 0.0912. The molecule has 0 aliphatic heterocycles. The largest absolute Gasteiger partial charge is 0.497 e. The van der Waals surface area contributed by atoms with E-state index in [2.05, 4.69) is 36.4 Å². The number of rotatable bonds is 6. The SMILES string of the molecule is COc1ccc(Br)c(C(=O)NC(c2nc(-c3cccnc3)no2)C(C)C)c1. The molecule has 0 aliphatic rings. The van der Waals surface area contributed by atoms with Crippen LogP contribution in [0.15, 0.2) is 51.7 Å². The Balaban J connectivity index is 1.85. The molecule has 1 amide bonds. The lowest BCUT2D eigenvalue weighted by Crippen LogP contribution is -2.32. The van der Waals surface area contributed by atoms with Crippen molar-refractivity contribution in [2.45, 2.75) is 19.9 Å². The van der Waals surface area contributed by atoms with Gasteiger partial charge in [0.1, 0.15) is 11.8 Å². The molecule has 0 radical (unpaired) electrons. The first-order valence-corrected chi connectivity index (χ1v) is 9.17. The van der Waals surface area contributed by atoms with Gasteiger partial charge < -0.3 is 14.6 Å². The summed E-state index contributed by atoms with van der Waals surface area (Å²) in [7, 11) is 1.56. The summed E-state index contributed by atoms with van der Waals surface area (Å²) < 4.78 is 11.3. The van der Waals surface area contributed by atoms with Crippen LogP contribution in [0.4, 0.5) is 0 Å². The third-order valence-corrected chi connectivity index (χ3v) is 4.69. The van der Waals surface area contributed by atoms with Gasteiger partial charge in [0.05, 0.1) is 12.7 Å². The van der Waals surface area contributed by atoms with Gasteiger partial charge in [-0.1, -0.05) is 19.0 Å². The maximum atomic E-state index is 12.8. The predicted octanol–water partition coefficient (Wildman–Crippen LogP) is 4.03. The van der Waals surface area contributed by atoms with Crippen molar-refractivity contribution in [2.24, 2.45) is 5.92 Å². The molecular weight excluding hydrogens is 412 g/mol. The van der Waals surface area contributed by atoms with Crippen LogP contribution < -0.4 is 10.1 Å². The molecule has 140 valence electrons. The van der Waals surface area contributed by atoms with Crippen molar-refractivity contribution in [3.63, 3.8) is 0 Å². The predicted molar refractivity (Wildman–Crippen MR) is 103 cm³/mol. The van der Waals surface area contributed by atoms with Crippen LogP contribution in [0.25, 0.3) is 11.4 Å². The molecule has 3 rings (SSSR count). The van der Waals surface area contributed by atoms with Gasteiger partial charge in [0.2, 0.25) is 11.7 Å². The molecule has 0 aliphatic carbocycles. The van der Waals surface area contributed by atoms with Crippen LogP contribution in [0, 0.1) is 5.92 Å². The van der Waals surface area contributed by atoms with Crippen LogP contribution in [0.5, 0.6) is 5.75 Å². The topological polar surface area (TPSA) is 90.1 Å². The minimum absolute atomic E-state index is 0.0422. The van der Waals surface area contributed by atoms with Gasteiger partial charge in [-0.3, -0.25) is 9.78 Å². The number of pyridine rings is 1. The first kappa shape index (κ1) is 19.0. The second kappa shape index (κ2) is 8.30. The molecular formula is C19H19BrN4O3. The molecule has 0 spiro atoms. The fourth-order valence-electron chi connectivity index (χ4n) is 2.51. The van der Waals surface area contributed by atoms with Gasteiger partial charge in [-0.25, -0.2) is 0 Å². The van der Waals surface area contributed by atoms with Crippen LogP contribution >= 0.6 is 15.9 Å². The highest BCUT2D eigenvalue weighted by Crippen LogP contribution is 2.26. The van der Waals surface area contributed by atoms with Crippen molar-refractivity contribution >= 4 is 21.8 Å². The summed E-state index contributed by atoms with van der Waals surface area (Å²) in [6.45, 7) is 3.94. The van der Waals surface area contributed by atoms with Gasteiger partial charge in [0.25, 0.3) is 5.91 Å². The van der Waals surface area contributed by atoms with E-state index in [-0.39, 0.29) is 11.8 Å². The number of amides is 1. The average molecular weight is 431 g/mol. The zero-order chi connectivity index (χ0) is 19.4. The van der Waals surface area contributed by atoms with E-state index in [1.54, 1.807) is 43.8 Å². The molecule has 7 nitrogen and oxygen atoms in total. The lowest BCUT2D eigenvalue weighted by atomic mass is 10.0. The number of benzene rings is 1. The molecule has 27 heavy (non-hydrogen) atoms. The van der Waals surface area contributed by atoms with Crippen LogP contribution in [0.3, 0.4) is 0 Å². The van der Waals surface area contributed by atoms with Crippen molar-refractivity contribution in [2.75, 3.05) is 7.11 Å². The molecule has 0 fully saturated rings. The van der Waals surface area contributed by atoms with Gasteiger partial charge in [0.15, 0.2) is 0 Å². The van der Waals surface area contributed by atoms with E-state index in [0.717, 1.165) is 5.56 Å². The molecule has 1 aromatic carbocycles. The summed E-state index contributed by atoms with van der Waals surface area (Å²) in [5.74, 6) is 1.15. The Kier molecular flexibility index (Phi) is 5.85. The number of hydrogen-bond acceptors (Lipinski definition) is 6. The minimum Gasteiger partial charge on any atom is -0.497 e.